The highest BCUT2D eigenvalue weighted by molar-refractivity contribution is 8.02. The fourth-order valence-electron chi connectivity index (χ4n) is 0.708. The molecular weight excluding hydrogens is 164 g/mol. The van der Waals surface area contributed by atoms with Crippen LogP contribution in [0, 0.1) is 0 Å². The molecule has 0 amide bonds. The van der Waals surface area contributed by atoms with Gasteiger partial charge in [-0.2, -0.15) is 0 Å². The van der Waals surface area contributed by atoms with Crippen molar-refractivity contribution < 1.29 is 0 Å². The molecular formula is C11H12S. The van der Waals surface area contributed by atoms with Crippen LogP contribution in [0.4, 0.5) is 0 Å². The van der Waals surface area contributed by atoms with Crippen molar-refractivity contribution in [3.05, 3.63) is 54.0 Å². The van der Waals surface area contributed by atoms with E-state index in [9.17, 15) is 0 Å². The Kier molecular flexibility index (Phi) is 3.68. The molecule has 0 aliphatic carbocycles. The van der Waals surface area contributed by atoms with Gasteiger partial charge in [-0.05, 0) is 30.0 Å². The van der Waals surface area contributed by atoms with E-state index in [0.717, 1.165) is 0 Å². The monoisotopic (exact) mass is 176 g/mol. The van der Waals surface area contributed by atoms with Gasteiger partial charge in [-0.1, -0.05) is 42.6 Å². The second-order valence-electron chi connectivity index (χ2n) is 2.50. The number of rotatable bonds is 3. The molecule has 1 aromatic carbocycles. The van der Waals surface area contributed by atoms with Gasteiger partial charge in [0.15, 0.2) is 0 Å². The van der Waals surface area contributed by atoms with Crippen LogP contribution in [-0.4, -0.2) is 0 Å². The highest BCUT2D eigenvalue weighted by Crippen LogP contribution is 2.19. The Labute approximate surface area is 78.0 Å². The molecule has 0 heterocycles. The highest BCUT2D eigenvalue weighted by Gasteiger charge is 1.87. The minimum absolute atomic E-state index is 1.20. The number of allylic oxidation sites excluding steroid dienone is 2. The first-order chi connectivity index (χ1) is 5.83. The number of benzene rings is 1. The Balaban J connectivity index is 2.60. The van der Waals surface area contributed by atoms with Crippen LogP contribution in [0.15, 0.2) is 58.9 Å². The van der Waals surface area contributed by atoms with Crippen molar-refractivity contribution in [2.75, 3.05) is 0 Å². The molecule has 0 saturated heterocycles. The van der Waals surface area contributed by atoms with Gasteiger partial charge < -0.3 is 0 Å². The summed E-state index contributed by atoms with van der Waals surface area (Å²) in [6.45, 7) is 5.74. The van der Waals surface area contributed by atoms with Gasteiger partial charge in [0.2, 0.25) is 0 Å². The van der Waals surface area contributed by atoms with E-state index in [-0.39, 0.29) is 0 Å². The topological polar surface area (TPSA) is 0 Å². The van der Waals surface area contributed by atoms with Crippen LogP contribution >= 0.6 is 11.8 Å². The molecule has 0 spiro atoms. The van der Waals surface area contributed by atoms with Crippen LogP contribution in [0.25, 0.3) is 0 Å². The number of hydrogen-bond acceptors (Lipinski definition) is 1. The first kappa shape index (κ1) is 9.14. The fraction of sp³-hybridized carbons (Fsp3) is 0.0909. The Bertz CT molecular complexity index is 272. The Hall–Kier alpha value is -0.950. The Morgan fingerprint density at radius 3 is 2.58 bits per heavy atom. The SMILES string of the molecule is C=C/C(C)=C/Sc1ccccc1. The molecule has 0 fully saturated rings. The van der Waals surface area contributed by atoms with Gasteiger partial charge in [0.1, 0.15) is 0 Å². The van der Waals surface area contributed by atoms with Gasteiger partial charge in [-0.3, -0.25) is 0 Å². The quantitative estimate of drug-likeness (QED) is 0.497. The highest BCUT2D eigenvalue weighted by atomic mass is 32.2. The van der Waals surface area contributed by atoms with Gasteiger partial charge >= 0.3 is 0 Å². The summed E-state index contributed by atoms with van der Waals surface area (Å²) >= 11 is 1.72. The Morgan fingerprint density at radius 2 is 2.00 bits per heavy atom. The molecule has 12 heavy (non-hydrogen) atoms. The number of thioether (sulfide) groups is 1. The van der Waals surface area contributed by atoms with Gasteiger partial charge in [-0.25, -0.2) is 0 Å². The van der Waals surface area contributed by atoms with E-state index in [2.05, 4.69) is 24.1 Å². The zero-order valence-corrected chi connectivity index (χ0v) is 7.97. The van der Waals surface area contributed by atoms with Crippen molar-refractivity contribution >= 4 is 11.8 Å². The van der Waals surface area contributed by atoms with E-state index in [1.165, 1.54) is 10.5 Å². The molecule has 0 aliphatic heterocycles. The third-order valence-corrected chi connectivity index (χ3v) is 2.48. The van der Waals surface area contributed by atoms with E-state index in [1.807, 2.05) is 31.2 Å². The summed E-state index contributed by atoms with van der Waals surface area (Å²) in [4.78, 5) is 1.26. The van der Waals surface area contributed by atoms with E-state index in [0.29, 0.717) is 0 Å². The second kappa shape index (κ2) is 4.83. The van der Waals surface area contributed by atoms with Crippen molar-refractivity contribution in [3.63, 3.8) is 0 Å². The van der Waals surface area contributed by atoms with Crippen molar-refractivity contribution in [2.45, 2.75) is 11.8 Å². The maximum Gasteiger partial charge on any atom is 0.0116 e. The molecule has 0 aliphatic rings. The maximum atomic E-state index is 3.69. The molecule has 62 valence electrons. The van der Waals surface area contributed by atoms with E-state index < -0.39 is 0 Å². The smallest absolute Gasteiger partial charge is 0.0116 e. The molecule has 0 nitrogen and oxygen atoms in total. The molecule has 0 bridgehead atoms. The van der Waals surface area contributed by atoms with E-state index >= 15 is 0 Å². The summed E-state index contributed by atoms with van der Waals surface area (Å²) in [5.74, 6) is 0. The summed E-state index contributed by atoms with van der Waals surface area (Å²) in [5.41, 5.74) is 1.20. The third-order valence-electron chi connectivity index (χ3n) is 1.45. The zero-order valence-electron chi connectivity index (χ0n) is 7.16. The molecule has 1 rings (SSSR count). The van der Waals surface area contributed by atoms with Gasteiger partial charge in [0.05, 0.1) is 0 Å². The second-order valence-corrected chi connectivity index (χ2v) is 3.44. The van der Waals surface area contributed by atoms with Crippen LogP contribution in [-0.2, 0) is 0 Å². The van der Waals surface area contributed by atoms with E-state index in [4.69, 9.17) is 0 Å². The van der Waals surface area contributed by atoms with Crippen LogP contribution in [0.1, 0.15) is 6.92 Å². The van der Waals surface area contributed by atoms with Crippen LogP contribution in [0.5, 0.6) is 0 Å². The minimum atomic E-state index is 1.20. The summed E-state index contributed by atoms with van der Waals surface area (Å²) in [7, 11) is 0. The largest absolute Gasteiger partial charge is 0.0988 e. The summed E-state index contributed by atoms with van der Waals surface area (Å²) in [5, 5.41) is 2.10. The Morgan fingerprint density at radius 1 is 1.33 bits per heavy atom. The predicted octanol–water partition coefficient (Wildman–Crippen LogP) is 3.87. The molecule has 0 unspecified atom stereocenters. The van der Waals surface area contributed by atoms with Crippen molar-refractivity contribution in [2.24, 2.45) is 0 Å². The van der Waals surface area contributed by atoms with E-state index in [1.54, 1.807) is 11.8 Å². The first-order valence-corrected chi connectivity index (χ1v) is 4.72. The summed E-state index contributed by atoms with van der Waals surface area (Å²) in [6.07, 6.45) is 1.86. The molecule has 1 aromatic rings. The summed E-state index contributed by atoms with van der Waals surface area (Å²) < 4.78 is 0. The predicted molar refractivity (Wildman–Crippen MR) is 56.3 cm³/mol. The minimum Gasteiger partial charge on any atom is -0.0988 e. The van der Waals surface area contributed by atoms with Crippen molar-refractivity contribution in [1.29, 1.82) is 0 Å². The normalized spacial score (nSPS) is 11.2. The number of hydrogen-bond donors (Lipinski definition) is 0. The molecule has 1 heteroatoms. The van der Waals surface area contributed by atoms with Crippen LogP contribution in [0.2, 0.25) is 0 Å². The van der Waals surface area contributed by atoms with Gasteiger partial charge in [0, 0.05) is 4.90 Å². The third kappa shape index (κ3) is 2.97. The lowest BCUT2D eigenvalue weighted by Gasteiger charge is -1.94. The average molecular weight is 176 g/mol. The maximum absolute atomic E-state index is 3.69. The molecule has 0 N–H and O–H groups in total. The summed E-state index contributed by atoms with van der Waals surface area (Å²) in [6, 6.07) is 10.3. The van der Waals surface area contributed by atoms with Crippen molar-refractivity contribution in [3.8, 4) is 0 Å². The zero-order chi connectivity index (χ0) is 8.81. The lowest BCUT2D eigenvalue weighted by molar-refractivity contribution is 1.47. The lowest BCUT2D eigenvalue weighted by atomic mass is 10.4. The van der Waals surface area contributed by atoms with Crippen molar-refractivity contribution in [1.82, 2.24) is 0 Å². The molecule has 0 aromatic heterocycles. The average Bonchev–Trinajstić information content (AvgIpc) is 2.16. The standard InChI is InChI=1S/C11H12S/c1-3-10(2)9-12-11-7-5-4-6-8-11/h3-9H,1H2,2H3/b10-9+. The first-order valence-electron chi connectivity index (χ1n) is 3.84. The molecule has 0 atom stereocenters. The lowest BCUT2D eigenvalue weighted by Crippen LogP contribution is -1.66. The molecule has 0 saturated carbocycles. The van der Waals surface area contributed by atoms with Crippen LogP contribution in [0.3, 0.4) is 0 Å². The van der Waals surface area contributed by atoms with Crippen LogP contribution < -0.4 is 0 Å². The van der Waals surface area contributed by atoms with Gasteiger partial charge in [0.25, 0.3) is 0 Å². The molecule has 0 radical (unpaired) electrons. The van der Waals surface area contributed by atoms with Gasteiger partial charge in [-0.15, -0.1) is 0 Å². The fourth-order valence-corrected chi connectivity index (χ4v) is 1.44.